The summed E-state index contributed by atoms with van der Waals surface area (Å²) in [6.07, 6.45) is 0.829. The third kappa shape index (κ3) is 3.05. The first kappa shape index (κ1) is 12.5. The number of thiophene rings is 1. The van der Waals surface area contributed by atoms with E-state index in [-0.39, 0.29) is 0 Å². The average molecular weight is 286 g/mol. The predicted octanol–water partition coefficient (Wildman–Crippen LogP) is 3.15. The summed E-state index contributed by atoms with van der Waals surface area (Å²) in [5.41, 5.74) is 0.848. The fourth-order valence-corrected chi connectivity index (χ4v) is 3.76. The van der Waals surface area contributed by atoms with Crippen molar-refractivity contribution in [3.8, 4) is 0 Å². The molecule has 0 aliphatic carbocycles. The molecule has 0 aliphatic rings. The van der Waals surface area contributed by atoms with Crippen molar-refractivity contribution in [1.29, 1.82) is 0 Å². The molecule has 0 saturated heterocycles. The summed E-state index contributed by atoms with van der Waals surface area (Å²) in [5, 5.41) is 10.8. The Kier molecular flexibility index (Phi) is 4.14. The van der Waals surface area contributed by atoms with Gasteiger partial charge in [-0.15, -0.1) is 11.3 Å². The summed E-state index contributed by atoms with van der Waals surface area (Å²) in [4.78, 5) is 15.7. The van der Waals surface area contributed by atoms with Gasteiger partial charge in [-0.3, -0.25) is 0 Å². The van der Waals surface area contributed by atoms with Crippen LogP contribution in [0.4, 0.5) is 0 Å². The average Bonchev–Trinajstić information content (AvgIpc) is 2.95. The number of carboxylic acid groups (broad SMARTS) is 1. The Morgan fingerprint density at radius 1 is 1.59 bits per heavy atom. The van der Waals surface area contributed by atoms with Gasteiger partial charge in [0.2, 0.25) is 0 Å². The quantitative estimate of drug-likeness (QED) is 0.855. The lowest BCUT2D eigenvalue weighted by atomic mass is 10.3. The SMILES string of the molecule is CCc1nsc(SCc2ccsc2C(=O)O)n1. The highest BCUT2D eigenvalue weighted by molar-refractivity contribution is 8.00. The van der Waals surface area contributed by atoms with Gasteiger partial charge in [0, 0.05) is 12.2 Å². The first-order valence-electron chi connectivity index (χ1n) is 4.95. The highest BCUT2D eigenvalue weighted by Crippen LogP contribution is 2.28. The van der Waals surface area contributed by atoms with Crippen molar-refractivity contribution in [2.75, 3.05) is 0 Å². The van der Waals surface area contributed by atoms with Gasteiger partial charge in [0.25, 0.3) is 0 Å². The molecule has 0 aliphatic heterocycles. The van der Waals surface area contributed by atoms with E-state index >= 15 is 0 Å². The molecule has 0 amide bonds. The Morgan fingerprint density at radius 2 is 2.41 bits per heavy atom. The lowest BCUT2D eigenvalue weighted by Crippen LogP contribution is -1.96. The summed E-state index contributed by atoms with van der Waals surface area (Å²) < 4.78 is 5.08. The van der Waals surface area contributed by atoms with Crippen molar-refractivity contribution in [2.45, 2.75) is 23.4 Å². The maximum Gasteiger partial charge on any atom is 0.346 e. The first-order chi connectivity index (χ1) is 8.20. The summed E-state index contributed by atoms with van der Waals surface area (Å²) in [6.45, 7) is 2.01. The highest BCUT2D eigenvalue weighted by Gasteiger charge is 2.12. The highest BCUT2D eigenvalue weighted by atomic mass is 32.2. The Balaban J connectivity index is 2.02. The summed E-state index contributed by atoms with van der Waals surface area (Å²) in [6, 6.07) is 1.85. The number of thioether (sulfide) groups is 1. The van der Waals surface area contributed by atoms with Crippen LogP contribution in [0.5, 0.6) is 0 Å². The summed E-state index contributed by atoms with van der Waals surface area (Å²) >= 11 is 4.16. The Labute approximate surface area is 111 Å². The van der Waals surface area contributed by atoms with Crippen LogP contribution in [0.15, 0.2) is 15.8 Å². The second-order valence-electron chi connectivity index (χ2n) is 3.20. The number of aromatic carboxylic acids is 1. The van der Waals surface area contributed by atoms with Crippen LogP contribution in [0.3, 0.4) is 0 Å². The molecule has 0 bridgehead atoms. The maximum atomic E-state index is 10.9. The van der Waals surface area contributed by atoms with Crippen molar-refractivity contribution in [2.24, 2.45) is 0 Å². The van der Waals surface area contributed by atoms with Crippen LogP contribution in [-0.4, -0.2) is 20.4 Å². The molecule has 4 nitrogen and oxygen atoms in total. The van der Waals surface area contributed by atoms with Crippen LogP contribution in [-0.2, 0) is 12.2 Å². The molecule has 17 heavy (non-hydrogen) atoms. The second-order valence-corrected chi connectivity index (χ2v) is 6.09. The van der Waals surface area contributed by atoms with Crippen molar-refractivity contribution in [3.05, 3.63) is 27.7 Å². The van der Waals surface area contributed by atoms with E-state index in [2.05, 4.69) is 9.36 Å². The minimum atomic E-state index is -0.859. The molecule has 0 saturated carbocycles. The summed E-state index contributed by atoms with van der Waals surface area (Å²) in [5.74, 6) is 0.618. The van der Waals surface area contributed by atoms with Gasteiger partial charge in [-0.05, 0) is 28.5 Å². The number of aryl methyl sites for hydroxylation is 1. The van der Waals surface area contributed by atoms with Gasteiger partial charge in [0.05, 0.1) is 0 Å². The molecule has 1 N–H and O–H groups in total. The molecular weight excluding hydrogens is 276 g/mol. The zero-order chi connectivity index (χ0) is 12.3. The van der Waals surface area contributed by atoms with Gasteiger partial charge >= 0.3 is 5.97 Å². The lowest BCUT2D eigenvalue weighted by molar-refractivity contribution is 0.0701. The molecule has 0 spiro atoms. The molecule has 2 aromatic heterocycles. The van der Waals surface area contributed by atoms with E-state index < -0.39 is 5.97 Å². The zero-order valence-corrected chi connectivity index (χ0v) is 11.5. The molecule has 0 aromatic carbocycles. The van der Waals surface area contributed by atoms with Gasteiger partial charge in [-0.25, -0.2) is 9.78 Å². The van der Waals surface area contributed by atoms with E-state index in [9.17, 15) is 4.79 Å². The smallest absolute Gasteiger partial charge is 0.346 e. The van der Waals surface area contributed by atoms with E-state index in [1.807, 2.05) is 13.0 Å². The van der Waals surface area contributed by atoms with Crippen LogP contribution in [0, 0.1) is 0 Å². The van der Waals surface area contributed by atoms with Crippen molar-refractivity contribution in [3.63, 3.8) is 0 Å². The monoisotopic (exact) mass is 286 g/mol. The van der Waals surface area contributed by atoms with Crippen molar-refractivity contribution < 1.29 is 9.90 Å². The number of rotatable bonds is 5. The third-order valence-electron chi connectivity index (χ3n) is 2.06. The first-order valence-corrected chi connectivity index (χ1v) is 7.59. The second kappa shape index (κ2) is 5.61. The van der Waals surface area contributed by atoms with Gasteiger partial charge in [-0.2, -0.15) is 4.37 Å². The van der Waals surface area contributed by atoms with Crippen LogP contribution in [0.1, 0.15) is 28.0 Å². The number of hydrogen-bond donors (Lipinski definition) is 1. The van der Waals surface area contributed by atoms with E-state index in [0.29, 0.717) is 10.6 Å². The van der Waals surface area contributed by atoms with Gasteiger partial charge in [-0.1, -0.05) is 18.7 Å². The van der Waals surface area contributed by atoms with Gasteiger partial charge in [0.1, 0.15) is 10.7 Å². The van der Waals surface area contributed by atoms with E-state index in [0.717, 1.165) is 22.1 Å². The van der Waals surface area contributed by atoms with E-state index in [4.69, 9.17) is 5.11 Å². The molecular formula is C10H10N2O2S3. The number of carbonyl (C=O) groups is 1. The molecule has 2 rings (SSSR count). The minimum absolute atomic E-state index is 0.415. The summed E-state index contributed by atoms with van der Waals surface area (Å²) in [7, 11) is 0. The van der Waals surface area contributed by atoms with Gasteiger partial charge < -0.3 is 5.11 Å². The molecule has 0 atom stereocenters. The van der Waals surface area contributed by atoms with Crippen molar-refractivity contribution >= 4 is 40.6 Å². The molecule has 0 radical (unpaired) electrons. The topological polar surface area (TPSA) is 63.1 Å². The van der Waals surface area contributed by atoms with Crippen molar-refractivity contribution in [1.82, 2.24) is 9.36 Å². The van der Waals surface area contributed by atoms with Gasteiger partial charge in [0.15, 0.2) is 4.34 Å². The fraction of sp³-hybridized carbons (Fsp3) is 0.300. The maximum absolute atomic E-state index is 10.9. The third-order valence-corrected chi connectivity index (χ3v) is 4.92. The minimum Gasteiger partial charge on any atom is -0.477 e. The van der Waals surface area contributed by atoms with Crippen LogP contribution < -0.4 is 0 Å². The van der Waals surface area contributed by atoms with E-state index in [1.54, 1.807) is 5.38 Å². The Hall–Kier alpha value is -0.920. The van der Waals surface area contributed by atoms with Crippen LogP contribution >= 0.6 is 34.6 Å². The van der Waals surface area contributed by atoms with E-state index in [1.165, 1.54) is 34.6 Å². The number of nitrogens with zero attached hydrogens (tertiary/aromatic N) is 2. The Bertz CT molecular complexity index is 521. The number of hydrogen-bond acceptors (Lipinski definition) is 6. The molecule has 90 valence electrons. The number of aromatic nitrogens is 2. The fourth-order valence-electron chi connectivity index (χ4n) is 1.22. The molecule has 2 heterocycles. The molecule has 0 fully saturated rings. The Morgan fingerprint density at radius 3 is 3.06 bits per heavy atom. The molecule has 7 heteroatoms. The largest absolute Gasteiger partial charge is 0.477 e. The standard InChI is InChI=1S/C10H10N2O2S3/c1-2-7-11-10(17-12-7)16-5-6-3-4-15-8(6)9(13)14/h3-4H,2,5H2,1H3,(H,13,14). The zero-order valence-electron chi connectivity index (χ0n) is 9.04. The predicted molar refractivity (Wildman–Crippen MR) is 70.1 cm³/mol. The molecule has 0 unspecified atom stereocenters. The van der Waals surface area contributed by atoms with Crippen LogP contribution in [0.25, 0.3) is 0 Å². The normalized spacial score (nSPS) is 10.6. The number of carboxylic acids is 1. The molecule has 2 aromatic rings. The van der Waals surface area contributed by atoms with Crippen LogP contribution in [0.2, 0.25) is 0 Å². The lowest BCUT2D eigenvalue weighted by Gasteiger charge is -1.97.